The van der Waals surface area contributed by atoms with E-state index in [0.29, 0.717) is 38.0 Å². The average molecular weight is 683 g/mol. The summed E-state index contributed by atoms with van der Waals surface area (Å²) < 4.78 is 13.1. The number of carboxylic acids is 1. The van der Waals surface area contributed by atoms with Crippen molar-refractivity contribution in [2.75, 3.05) is 11.1 Å². The molecule has 1 saturated heterocycles. The molecule has 0 aromatic heterocycles. The van der Waals surface area contributed by atoms with Gasteiger partial charge in [-0.25, -0.2) is 0 Å². The second-order valence-corrected chi connectivity index (χ2v) is 13.1. The number of ether oxygens (including phenoxy) is 2. The number of nitrogens with one attached hydrogen (secondary N) is 2. The van der Waals surface area contributed by atoms with Gasteiger partial charge in [-0.05, 0) is 64.9 Å². The van der Waals surface area contributed by atoms with E-state index in [1.54, 1.807) is 11.8 Å². The van der Waals surface area contributed by atoms with Crippen LogP contribution in [-0.4, -0.2) is 39.9 Å². The van der Waals surface area contributed by atoms with Crippen molar-refractivity contribution >= 4 is 35.2 Å². The van der Waals surface area contributed by atoms with Crippen molar-refractivity contribution in [2.24, 2.45) is 0 Å². The van der Waals surface area contributed by atoms with Gasteiger partial charge in [0.1, 0.15) is 0 Å². The predicted molar refractivity (Wildman–Crippen MR) is 190 cm³/mol. The second-order valence-electron chi connectivity index (χ2n) is 12.0. The lowest BCUT2D eigenvalue weighted by Gasteiger charge is -2.36. The van der Waals surface area contributed by atoms with Gasteiger partial charge in [-0.3, -0.25) is 14.4 Å². The molecule has 4 aromatic rings. The maximum Gasteiger partial charge on any atom is 0.303 e. The Balaban J connectivity index is 1.27. The number of benzene rings is 4. The number of rotatable bonds is 15. The van der Waals surface area contributed by atoms with Crippen molar-refractivity contribution in [1.82, 2.24) is 5.32 Å². The second kappa shape index (κ2) is 17.8. The number of hydrogen-bond donors (Lipinski definition) is 4. The van der Waals surface area contributed by atoms with Gasteiger partial charge in [0.15, 0.2) is 6.29 Å². The molecular formula is C39H42N2O7S. The number of aliphatic hydroxyl groups excluding tert-OH is 1. The summed E-state index contributed by atoms with van der Waals surface area (Å²) in [4.78, 5) is 35.6. The molecule has 1 aliphatic rings. The van der Waals surface area contributed by atoms with Crippen molar-refractivity contribution in [3.05, 3.63) is 119 Å². The first-order valence-electron chi connectivity index (χ1n) is 16.4. The highest BCUT2D eigenvalue weighted by Crippen LogP contribution is 2.40. The number of carbonyl (C=O) groups excluding carboxylic acids is 2. The average Bonchev–Trinajstić information content (AvgIpc) is 3.12. The first-order chi connectivity index (χ1) is 23.8. The Morgan fingerprint density at radius 3 is 2.22 bits per heavy atom. The van der Waals surface area contributed by atoms with Crippen LogP contribution in [-0.2, 0) is 37.0 Å². The third kappa shape index (κ3) is 10.8. The van der Waals surface area contributed by atoms with Crippen LogP contribution in [0.5, 0.6) is 0 Å². The van der Waals surface area contributed by atoms with Gasteiger partial charge in [0.05, 0.1) is 18.8 Å². The summed E-state index contributed by atoms with van der Waals surface area (Å²) in [6, 6.07) is 31.6. The lowest BCUT2D eigenvalue weighted by atomic mass is 9.97. The number of aliphatic carboxylic acids is 1. The Morgan fingerprint density at radius 1 is 0.837 bits per heavy atom. The van der Waals surface area contributed by atoms with Crippen LogP contribution in [0, 0.1) is 0 Å². The van der Waals surface area contributed by atoms with Gasteiger partial charge in [0.2, 0.25) is 11.8 Å². The molecule has 1 heterocycles. The molecule has 3 atom stereocenters. The molecule has 0 radical (unpaired) electrons. The minimum atomic E-state index is -0.850. The molecule has 0 aliphatic carbocycles. The van der Waals surface area contributed by atoms with Crippen molar-refractivity contribution in [2.45, 2.75) is 75.6 Å². The first-order valence-corrected chi connectivity index (χ1v) is 17.4. The maximum atomic E-state index is 12.4. The van der Waals surface area contributed by atoms with Crippen molar-refractivity contribution in [1.29, 1.82) is 0 Å². The zero-order chi connectivity index (χ0) is 34.6. The van der Waals surface area contributed by atoms with Gasteiger partial charge in [-0.1, -0.05) is 72.8 Å². The Labute approximate surface area is 291 Å². The summed E-state index contributed by atoms with van der Waals surface area (Å²) in [6.07, 6.45) is 1.15. The maximum absolute atomic E-state index is 12.4. The lowest BCUT2D eigenvalue weighted by molar-refractivity contribution is -0.245. The van der Waals surface area contributed by atoms with Crippen LogP contribution in [0.4, 0.5) is 5.69 Å². The minimum Gasteiger partial charge on any atom is -0.481 e. The molecule has 1 aliphatic heterocycles. The zero-order valence-electron chi connectivity index (χ0n) is 27.5. The van der Waals surface area contributed by atoms with Crippen LogP contribution in [0.25, 0.3) is 11.1 Å². The normalized spacial score (nSPS) is 17.3. The van der Waals surface area contributed by atoms with Crippen LogP contribution < -0.4 is 10.6 Å². The van der Waals surface area contributed by atoms with Gasteiger partial charge < -0.3 is 30.3 Å². The topological polar surface area (TPSA) is 134 Å². The Bertz CT molecular complexity index is 1690. The van der Waals surface area contributed by atoms with E-state index in [9.17, 15) is 19.5 Å². The molecule has 0 spiro atoms. The molecule has 0 unspecified atom stereocenters. The third-order valence-electron chi connectivity index (χ3n) is 8.26. The molecule has 0 saturated carbocycles. The number of anilines is 1. The number of hydrogen-bond acceptors (Lipinski definition) is 7. The van der Waals surface area contributed by atoms with Gasteiger partial charge >= 0.3 is 5.97 Å². The van der Waals surface area contributed by atoms with Crippen molar-refractivity contribution in [3.8, 4) is 11.1 Å². The molecule has 256 valence electrons. The van der Waals surface area contributed by atoms with Crippen molar-refractivity contribution in [3.63, 3.8) is 0 Å². The SMILES string of the molecule is CC(=O)Nc1ccc(SC[C@@H]2C[C@H](c3ccc(CO)cc3)O[C@H](c3ccc(-c4ccccc4CNC(=O)CCCCC(=O)O)cc3)O2)cc1. The first kappa shape index (κ1) is 35.8. The van der Waals surface area contributed by atoms with Crippen molar-refractivity contribution < 1.29 is 34.1 Å². The fourth-order valence-electron chi connectivity index (χ4n) is 5.67. The number of carbonyl (C=O) groups is 3. The molecule has 1 fully saturated rings. The number of thioether (sulfide) groups is 1. The number of aliphatic hydroxyl groups is 1. The van der Waals surface area contributed by atoms with Crippen LogP contribution in [0.1, 0.15) is 73.7 Å². The van der Waals surface area contributed by atoms with E-state index in [4.69, 9.17) is 14.6 Å². The highest BCUT2D eigenvalue weighted by atomic mass is 32.2. The predicted octanol–water partition coefficient (Wildman–Crippen LogP) is 7.40. The van der Waals surface area contributed by atoms with Gasteiger partial charge in [0.25, 0.3) is 0 Å². The Kier molecular flexibility index (Phi) is 13.0. The van der Waals surface area contributed by atoms with Gasteiger partial charge in [-0.15, -0.1) is 11.8 Å². The van der Waals surface area contributed by atoms with Gasteiger partial charge in [-0.2, -0.15) is 0 Å². The van der Waals surface area contributed by atoms with E-state index in [1.165, 1.54) is 6.92 Å². The summed E-state index contributed by atoms with van der Waals surface area (Å²) in [7, 11) is 0. The largest absolute Gasteiger partial charge is 0.481 e. The Hall–Kier alpha value is -4.48. The number of amides is 2. The number of carboxylic acid groups (broad SMARTS) is 1. The fourth-order valence-corrected chi connectivity index (χ4v) is 6.59. The molecular weight excluding hydrogens is 641 g/mol. The zero-order valence-corrected chi connectivity index (χ0v) is 28.3. The molecule has 4 N–H and O–H groups in total. The lowest BCUT2D eigenvalue weighted by Crippen LogP contribution is -2.31. The van der Waals surface area contributed by atoms with Gasteiger partial charge in [0, 0.05) is 54.6 Å². The van der Waals surface area contributed by atoms with E-state index in [0.717, 1.165) is 44.0 Å². The van der Waals surface area contributed by atoms with Crippen LogP contribution in [0.2, 0.25) is 0 Å². The van der Waals surface area contributed by atoms with Crippen LogP contribution >= 0.6 is 11.8 Å². The standard InChI is InChI=1S/C39H42N2O7S/c1-26(43)41-32-18-20-34(21-19-32)49-25-33-22-36(29-12-10-27(24-42)11-13-29)48-39(47-33)30-16-14-28(15-17-30)35-7-3-2-6-31(35)23-40-37(44)8-4-5-9-38(45)46/h2-3,6-7,10-21,33,36,39,42H,4-5,8-9,22-25H2,1H3,(H,40,44)(H,41,43)(H,45,46)/t33-,36+,39+/m0/s1. The summed E-state index contributed by atoms with van der Waals surface area (Å²) in [5, 5.41) is 24.1. The van der Waals surface area contributed by atoms with Crippen LogP contribution in [0.3, 0.4) is 0 Å². The van der Waals surface area contributed by atoms with E-state index < -0.39 is 12.3 Å². The number of unbranched alkanes of at least 4 members (excludes halogenated alkanes) is 1. The Morgan fingerprint density at radius 2 is 1.53 bits per heavy atom. The molecule has 10 heteroatoms. The van der Waals surface area contributed by atoms with E-state index in [1.807, 2.05) is 97.1 Å². The third-order valence-corrected chi connectivity index (χ3v) is 9.40. The monoisotopic (exact) mass is 682 g/mol. The van der Waals surface area contributed by atoms with Crippen LogP contribution in [0.15, 0.2) is 102 Å². The fraction of sp³-hybridized carbons (Fsp3) is 0.308. The molecule has 49 heavy (non-hydrogen) atoms. The smallest absolute Gasteiger partial charge is 0.303 e. The minimum absolute atomic E-state index is 0.0199. The van der Waals surface area contributed by atoms with E-state index >= 15 is 0 Å². The summed E-state index contributed by atoms with van der Waals surface area (Å²) in [6.45, 7) is 1.84. The molecule has 4 aromatic carbocycles. The summed E-state index contributed by atoms with van der Waals surface area (Å²) in [5.41, 5.74) is 6.49. The summed E-state index contributed by atoms with van der Waals surface area (Å²) >= 11 is 1.69. The molecule has 5 rings (SSSR count). The van der Waals surface area contributed by atoms with E-state index in [-0.39, 0.29) is 37.0 Å². The highest BCUT2D eigenvalue weighted by molar-refractivity contribution is 7.99. The molecule has 9 nitrogen and oxygen atoms in total. The molecule has 0 bridgehead atoms. The molecule has 2 amide bonds. The van der Waals surface area contributed by atoms with E-state index in [2.05, 4.69) is 10.6 Å². The quantitative estimate of drug-likeness (QED) is 0.0753. The highest BCUT2D eigenvalue weighted by Gasteiger charge is 2.32. The summed E-state index contributed by atoms with van der Waals surface area (Å²) in [5.74, 6) is -0.347.